The molecule has 106 valence electrons. The van der Waals surface area contributed by atoms with Crippen LogP contribution in [0.2, 0.25) is 5.02 Å². The van der Waals surface area contributed by atoms with Crippen molar-refractivity contribution in [1.29, 1.82) is 5.41 Å². The molecule has 2 unspecified atom stereocenters. The maximum absolute atomic E-state index is 13.7. The van der Waals surface area contributed by atoms with Crippen LogP contribution in [-0.2, 0) is 16.0 Å². The van der Waals surface area contributed by atoms with Crippen LogP contribution in [0.15, 0.2) is 18.2 Å². The number of amidine groups is 1. The van der Waals surface area contributed by atoms with E-state index in [1.807, 2.05) is 0 Å². The molecule has 0 aliphatic carbocycles. The minimum Gasteiger partial charge on any atom is -0.459 e. The van der Waals surface area contributed by atoms with Crippen molar-refractivity contribution in [2.45, 2.75) is 18.6 Å². The zero-order valence-corrected chi connectivity index (χ0v) is 12.0. The molecule has 0 spiro atoms. The van der Waals surface area contributed by atoms with Gasteiger partial charge in [-0.25, -0.2) is 4.39 Å². The van der Waals surface area contributed by atoms with E-state index in [0.29, 0.717) is 0 Å². The summed E-state index contributed by atoms with van der Waals surface area (Å²) in [4.78, 5) is 13.7. The van der Waals surface area contributed by atoms with Crippen LogP contribution in [0.25, 0.3) is 0 Å². The predicted octanol–water partition coefficient (Wildman–Crippen LogP) is 2.30. The second-order valence-electron chi connectivity index (χ2n) is 4.71. The van der Waals surface area contributed by atoms with Gasteiger partial charge in [0, 0.05) is 22.1 Å². The Balaban J connectivity index is 1.81. The topological polar surface area (TPSA) is 53.4 Å². The zero-order valence-electron chi connectivity index (χ0n) is 10.4. The zero-order chi connectivity index (χ0) is 14.3. The van der Waals surface area contributed by atoms with E-state index in [-0.39, 0.29) is 41.1 Å². The Bertz CT molecular complexity index is 563. The highest BCUT2D eigenvalue weighted by atomic mass is 35.5. The number of nitrogens with one attached hydrogen (secondary N) is 1. The lowest BCUT2D eigenvalue weighted by atomic mass is 10.1. The van der Waals surface area contributed by atoms with Crippen molar-refractivity contribution in [3.8, 4) is 0 Å². The predicted molar refractivity (Wildman–Crippen MR) is 75.7 cm³/mol. The molecule has 0 aromatic heterocycles. The van der Waals surface area contributed by atoms with Gasteiger partial charge in [-0.1, -0.05) is 17.7 Å². The van der Waals surface area contributed by atoms with Crippen LogP contribution < -0.4 is 0 Å². The summed E-state index contributed by atoms with van der Waals surface area (Å²) in [5, 5.41) is 7.98. The summed E-state index contributed by atoms with van der Waals surface area (Å²) in [5.74, 6) is 0.660. The molecule has 1 aromatic carbocycles. The highest BCUT2D eigenvalue weighted by molar-refractivity contribution is 7.99. The standard InChI is InChI=1S/C13H12ClFN2O2S/c14-8-2-1-3-9(15)7(8)4-12(18)17-10-5-20-6-11(10)19-13(17)16/h1-3,10-11,16H,4-6H2. The molecule has 0 radical (unpaired) electrons. The van der Waals surface area contributed by atoms with Gasteiger partial charge in [-0.2, -0.15) is 11.8 Å². The number of carbonyl (C=O) groups excluding carboxylic acids is 1. The summed E-state index contributed by atoms with van der Waals surface area (Å²) in [7, 11) is 0. The first kappa shape index (κ1) is 13.7. The Kier molecular flexibility index (Phi) is 3.60. The molecule has 1 N–H and O–H groups in total. The van der Waals surface area contributed by atoms with E-state index in [9.17, 15) is 9.18 Å². The SMILES string of the molecule is N=C1OC2CSCC2N1C(=O)Cc1c(F)cccc1Cl. The molecule has 3 rings (SSSR count). The normalized spacial score (nSPS) is 24.7. The largest absolute Gasteiger partial charge is 0.459 e. The van der Waals surface area contributed by atoms with E-state index >= 15 is 0 Å². The molecule has 0 saturated carbocycles. The fraction of sp³-hybridized carbons (Fsp3) is 0.385. The van der Waals surface area contributed by atoms with Gasteiger partial charge in [-0.3, -0.25) is 15.1 Å². The Morgan fingerprint density at radius 2 is 2.35 bits per heavy atom. The van der Waals surface area contributed by atoms with Gasteiger partial charge in [-0.05, 0) is 12.1 Å². The lowest BCUT2D eigenvalue weighted by Gasteiger charge is -2.19. The summed E-state index contributed by atoms with van der Waals surface area (Å²) in [6, 6.07) is 4.06. The van der Waals surface area contributed by atoms with Crippen LogP contribution in [0.5, 0.6) is 0 Å². The molecule has 2 heterocycles. The van der Waals surface area contributed by atoms with E-state index in [4.69, 9.17) is 21.7 Å². The Morgan fingerprint density at radius 3 is 3.10 bits per heavy atom. The summed E-state index contributed by atoms with van der Waals surface area (Å²) >= 11 is 7.61. The number of thioether (sulfide) groups is 1. The monoisotopic (exact) mass is 314 g/mol. The molecular weight excluding hydrogens is 303 g/mol. The number of hydrogen-bond donors (Lipinski definition) is 1. The second-order valence-corrected chi connectivity index (χ2v) is 6.19. The molecule has 2 aliphatic rings. The number of fused-ring (bicyclic) bond motifs is 1. The first-order valence-corrected chi connectivity index (χ1v) is 7.69. The quantitative estimate of drug-likeness (QED) is 0.911. The first-order valence-electron chi connectivity index (χ1n) is 6.16. The van der Waals surface area contributed by atoms with E-state index in [1.165, 1.54) is 17.0 Å². The van der Waals surface area contributed by atoms with Gasteiger partial charge in [0.1, 0.15) is 11.9 Å². The molecule has 1 aromatic rings. The summed E-state index contributed by atoms with van der Waals surface area (Å²) < 4.78 is 19.1. The van der Waals surface area contributed by atoms with Gasteiger partial charge in [0.15, 0.2) is 0 Å². The number of nitrogens with zero attached hydrogens (tertiary/aromatic N) is 1. The van der Waals surface area contributed by atoms with Crippen LogP contribution in [0.4, 0.5) is 4.39 Å². The number of hydrogen-bond acceptors (Lipinski definition) is 4. The molecule has 20 heavy (non-hydrogen) atoms. The van der Waals surface area contributed by atoms with E-state index in [1.54, 1.807) is 17.8 Å². The fourth-order valence-electron chi connectivity index (χ4n) is 2.46. The number of benzene rings is 1. The number of halogens is 2. The van der Waals surface area contributed by atoms with Crippen molar-refractivity contribution in [2.75, 3.05) is 11.5 Å². The highest BCUT2D eigenvalue weighted by Crippen LogP contribution is 2.32. The summed E-state index contributed by atoms with van der Waals surface area (Å²) in [5.41, 5.74) is 0.168. The smallest absolute Gasteiger partial charge is 0.292 e. The van der Waals surface area contributed by atoms with E-state index in [2.05, 4.69) is 0 Å². The van der Waals surface area contributed by atoms with Gasteiger partial charge in [0.05, 0.1) is 12.5 Å². The summed E-state index contributed by atoms with van der Waals surface area (Å²) in [6.45, 7) is 0. The minimum absolute atomic E-state index is 0.118. The third kappa shape index (κ3) is 2.27. The molecule has 2 atom stereocenters. The van der Waals surface area contributed by atoms with Gasteiger partial charge in [-0.15, -0.1) is 0 Å². The van der Waals surface area contributed by atoms with Crippen LogP contribution in [0.1, 0.15) is 5.56 Å². The van der Waals surface area contributed by atoms with Crippen molar-refractivity contribution in [3.63, 3.8) is 0 Å². The van der Waals surface area contributed by atoms with E-state index < -0.39 is 5.82 Å². The molecule has 7 heteroatoms. The number of rotatable bonds is 2. The van der Waals surface area contributed by atoms with Crippen molar-refractivity contribution in [2.24, 2.45) is 0 Å². The molecule has 2 fully saturated rings. The molecule has 2 aliphatic heterocycles. The van der Waals surface area contributed by atoms with Crippen molar-refractivity contribution < 1.29 is 13.9 Å². The minimum atomic E-state index is -0.505. The van der Waals surface area contributed by atoms with Crippen LogP contribution >= 0.6 is 23.4 Å². The first-order chi connectivity index (χ1) is 9.58. The highest BCUT2D eigenvalue weighted by Gasteiger charge is 2.46. The molecule has 1 amide bonds. The van der Waals surface area contributed by atoms with Crippen LogP contribution in [-0.4, -0.2) is 40.5 Å². The number of amides is 1. The van der Waals surface area contributed by atoms with Crippen LogP contribution in [0.3, 0.4) is 0 Å². The Labute approximate surface area is 124 Å². The molecule has 4 nitrogen and oxygen atoms in total. The lowest BCUT2D eigenvalue weighted by molar-refractivity contribution is -0.127. The van der Waals surface area contributed by atoms with Crippen molar-refractivity contribution in [3.05, 3.63) is 34.6 Å². The molecule has 0 bridgehead atoms. The van der Waals surface area contributed by atoms with Crippen molar-refractivity contribution in [1.82, 2.24) is 4.90 Å². The average Bonchev–Trinajstić information content (AvgIpc) is 2.93. The maximum atomic E-state index is 13.7. The lowest BCUT2D eigenvalue weighted by Crippen LogP contribution is -2.42. The average molecular weight is 315 g/mol. The second kappa shape index (κ2) is 5.26. The van der Waals surface area contributed by atoms with Gasteiger partial charge in [0.2, 0.25) is 5.91 Å². The Hall–Kier alpha value is -1.27. The molecule has 2 saturated heterocycles. The van der Waals surface area contributed by atoms with E-state index in [0.717, 1.165) is 11.5 Å². The number of carbonyl (C=O) groups is 1. The fourth-order valence-corrected chi connectivity index (χ4v) is 3.96. The third-order valence-electron chi connectivity index (χ3n) is 3.47. The summed E-state index contributed by atoms with van der Waals surface area (Å²) in [6.07, 6.45) is -0.280. The Morgan fingerprint density at radius 1 is 1.55 bits per heavy atom. The van der Waals surface area contributed by atoms with Crippen molar-refractivity contribution >= 4 is 35.3 Å². The molecular formula is C13H12ClFN2O2S. The van der Waals surface area contributed by atoms with Crippen LogP contribution in [0, 0.1) is 11.2 Å². The third-order valence-corrected chi connectivity index (χ3v) is 4.97. The maximum Gasteiger partial charge on any atom is 0.292 e. The number of ether oxygens (including phenoxy) is 1. The van der Waals surface area contributed by atoms with Gasteiger partial charge in [0.25, 0.3) is 6.02 Å². The van der Waals surface area contributed by atoms with Gasteiger partial charge >= 0.3 is 0 Å². The van der Waals surface area contributed by atoms with Gasteiger partial charge < -0.3 is 4.74 Å².